The average Bonchev–Trinajstić information content (AvgIpc) is 3.20. The summed E-state index contributed by atoms with van der Waals surface area (Å²) in [5, 5.41) is 18.9. The number of hydrogen-bond donors (Lipinski definition) is 2. The van der Waals surface area contributed by atoms with E-state index in [4.69, 9.17) is 5.73 Å². The third-order valence-corrected chi connectivity index (χ3v) is 3.64. The smallest absolute Gasteiger partial charge is 0.197 e. The molecule has 9 nitrogen and oxygen atoms in total. The van der Waals surface area contributed by atoms with Crippen LogP contribution in [-0.4, -0.2) is 39.9 Å². The number of anilines is 1. The van der Waals surface area contributed by atoms with Crippen LogP contribution < -0.4 is 5.73 Å². The molecule has 0 aliphatic rings. The van der Waals surface area contributed by atoms with E-state index in [9.17, 15) is 5.21 Å². The first-order valence-corrected chi connectivity index (χ1v) is 7.37. The lowest BCUT2D eigenvalue weighted by Gasteiger charge is -2.03. The number of pyridine rings is 2. The van der Waals surface area contributed by atoms with Gasteiger partial charge in [0.2, 0.25) is 0 Å². The first-order chi connectivity index (χ1) is 11.7. The van der Waals surface area contributed by atoms with Crippen molar-refractivity contribution in [1.29, 1.82) is 0 Å². The second-order valence-corrected chi connectivity index (χ2v) is 5.14. The summed E-state index contributed by atoms with van der Waals surface area (Å²) in [4.78, 5) is 14.4. The van der Waals surface area contributed by atoms with Crippen LogP contribution in [0.1, 0.15) is 6.92 Å². The monoisotopic (exact) mass is 322 g/mol. The van der Waals surface area contributed by atoms with E-state index in [2.05, 4.69) is 25.1 Å². The Kier molecular flexibility index (Phi) is 3.12. The standard InChI is InChI=1S/C15H14N8O/c1-2-22-18-8-12(21-22)10-5-6-11-15(19-10)23(24)14(20-11)9-4-3-7-17-13(9)16/h3-8,24H,2H2,1H3,(H2,16,17). The molecule has 3 N–H and O–H groups in total. The fourth-order valence-corrected chi connectivity index (χ4v) is 2.44. The van der Waals surface area contributed by atoms with Gasteiger partial charge in [0.05, 0.1) is 24.0 Å². The van der Waals surface area contributed by atoms with Crippen molar-refractivity contribution < 1.29 is 5.21 Å². The average molecular weight is 322 g/mol. The molecule has 4 aromatic rings. The van der Waals surface area contributed by atoms with Crippen molar-refractivity contribution in [2.24, 2.45) is 0 Å². The predicted molar refractivity (Wildman–Crippen MR) is 87.0 cm³/mol. The van der Waals surface area contributed by atoms with E-state index in [1.807, 2.05) is 6.92 Å². The van der Waals surface area contributed by atoms with E-state index in [-0.39, 0.29) is 11.6 Å². The molecule has 4 aromatic heterocycles. The van der Waals surface area contributed by atoms with Crippen molar-refractivity contribution >= 4 is 17.0 Å². The van der Waals surface area contributed by atoms with Crippen LogP contribution in [0, 0.1) is 0 Å². The number of nitrogen functional groups attached to an aromatic ring is 1. The van der Waals surface area contributed by atoms with Crippen molar-refractivity contribution in [3.63, 3.8) is 0 Å². The molecule has 0 fully saturated rings. The van der Waals surface area contributed by atoms with Gasteiger partial charge in [0.25, 0.3) is 0 Å². The maximum Gasteiger partial charge on any atom is 0.197 e. The maximum absolute atomic E-state index is 10.5. The quantitative estimate of drug-likeness (QED) is 0.549. The van der Waals surface area contributed by atoms with Crippen molar-refractivity contribution in [3.8, 4) is 22.8 Å². The van der Waals surface area contributed by atoms with E-state index in [0.717, 1.165) is 4.73 Å². The number of hydrogen-bond acceptors (Lipinski definition) is 7. The van der Waals surface area contributed by atoms with E-state index < -0.39 is 0 Å². The fraction of sp³-hybridized carbons (Fsp3) is 0.133. The van der Waals surface area contributed by atoms with Crippen molar-refractivity contribution in [2.45, 2.75) is 13.5 Å². The summed E-state index contributed by atoms with van der Waals surface area (Å²) < 4.78 is 0.913. The van der Waals surface area contributed by atoms with E-state index >= 15 is 0 Å². The molecule has 120 valence electrons. The van der Waals surface area contributed by atoms with Crippen LogP contribution in [0.2, 0.25) is 0 Å². The van der Waals surface area contributed by atoms with Crippen molar-refractivity contribution in [1.82, 2.24) is 34.7 Å². The lowest BCUT2D eigenvalue weighted by Crippen LogP contribution is -2.00. The molecule has 4 heterocycles. The molecule has 0 amide bonds. The number of rotatable bonds is 3. The normalized spacial score (nSPS) is 11.2. The summed E-state index contributed by atoms with van der Waals surface area (Å²) in [7, 11) is 0. The summed E-state index contributed by atoms with van der Waals surface area (Å²) in [6, 6.07) is 7.03. The van der Waals surface area contributed by atoms with Crippen molar-refractivity contribution in [2.75, 3.05) is 5.73 Å². The Hall–Kier alpha value is -3.49. The third-order valence-electron chi connectivity index (χ3n) is 3.64. The predicted octanol–water partition coefficient (Wildman–Crippen LogP) is 1.59. The zero-order valence-electron chi connectivity index (χ0n) is 12.8. The van der Waals surface area contributed by atoms with Gasteiger partial charge < -0.3 is 10.9 Å². The molecule has 0 spiro atoms. The van der Waals surface area contributed by atoms with Gasteiger partial charge in [-0.3, -0.25) is 0 Å². The molecule has 0 saturated heterocycles. The molecule has 0 aromatic carbocycles. The largest absolute Gasteiger partial charge is 0.425 e. The van der Waals surface area contributed by atoms with Crippen LogP contribution in [0.5, 0.6) is 0 Å². The minimum absolute atomic E-state index is 0.286. The highest BCUT2D eigenvalue weighted by Gasteiger charge is 2.17. The highest BCUT2D eigenvalue weighted by atomic mass is 16.5. The number of nitrogens with two attached hydrogens (primary N) is 1. The van der Waals surface area contributed by atoms with Crippen LogP contribution in [0.3, 0.4) is 0 Å². The molecule has 0 atom stereocenters. The molecule has 0 bridgehead atoms. The number of aryl methyl sites for hydroxylation is 1. The zero-order chi connectivity index (χ0) is 16.7. The minimum atomic E-state index is 0.286. The van der Waals surface area contributed by atoms with Crippen LogP contribution in [0.4, 0.5) is 5.82 Å². The lowest BCUT2D eigenvalue weighted by molar-refractivity contribution is 0.201. The van der Waals surface area contributed by atoms with Gasteiger partial charge in [0.1, 0.15) is 17.0 Å². The topological polar surface area (TPSA) is 121 Å². The Morgan fingerprint density at radius 1 is 1.17 bits per heavy atom. The Balaban J connectivity index is 1.86. The van der Waals surface area contributed by atoms with Gasteiger partial charge in [-0.15, -0.1) is 4.73 Å². The molecule has 9 heteroatoms. The maximum atomic E-state index is 10.5. The Morgan fingerprint density at radius 3 is 2.79 bits per heavy atom. The molecule has 24 heavy (non-hydrogen) atoms. The van der Waals surface area contributed by atoms with Gasteiger partial charge in [0, 0.05) is 6.20 Å². The van der Waals surface area contributed by atoms with E-state index in [1.165, 1.54) is 0 Å². The van der Waals surface area contributed by atoms with Crippen LogP contribution in [0.25, 0.3) is 33.9 Å². The Morgan fingerprint density at radius 2 is 2.04 bits per heavy atom. The van der Waals surface area contributed by atoms with Crippen LogP contribution in [0.15, 0.2) is 36.7 Å². The Labute approximate surface area is 136 Å². The second kappa shape index (κ2) is 5.30. The summed E-state index contributed by atoms with van der Waals surface area (Å²) >= 11 is 0. The first-order valence-electron chi connectivity index (χ1n) is 7.37. The summed E-state index contributed by atoms with van der Waals surface area (Å²) in [6.07, 6.45) is 3.21. The molecule has 0 aliphatic heterocycles. The fourth-order valence-electron chi connectivity index (χ4n) is 2.44. The summed E-state index contributed by atoms with van der Waals surface area (Å²) in [5.41, 5.74) is 8.49. The lowest BCUT2D eigenvalue weighted by atomic mass is 10.2. The van der Waals surface area contributed by atoms with Crippen molar-refractivity contribution in [3.05, 3.63) is 36.7 Å². The van der Waals surface area contributed by atoms with Gasteiger partial charge in [-0.1, -0.05) is 0 Å². The van der Waals surface area contributed by atoms with Gasteiger partial charge in [0.15, 0.2) is 11.5 Å². The highest BCUT2D eigenvalue weighted by molar-refractivity contribution is 5.81. The molecule has 0 radical (unpaired) electrons. The molecule has 0 aliphatic carbocycles. The van der Waals surface area contributed by atoms with Gasteiger partial charge >= 0.3 is 0 Å². The highest BCUT2D eigenvalue weighted by Crippen LogP contribution is 2.27. The second-order valence-electron chi connectivity index (χ2n) is 5.14. The summed E-state index contributed by atoms with van der Waals surface area (Å²) in [6.45, 7) is 2.62. The number of imidazole rings is 1. The van der Waals surface area contributed by atoms with Crippen LogP contribution in [-0.2, 0) is 6.54 Å². The van der Waals surface area contributed by atoms with E-state index in [0.29, 0.717) is 34.7 Å². The molecule has 0 unspecified atom stereocenters. The molecular weight excluding hydrogens is 308 g/mol. The zero-order valence-corrected chi connectivity index (χ0v) is 12.8. The Bertz CT molecular complexity index is 1040. The van der Waals surface area contributed by atoms with E-state index in [1.54, 1.807) is 41.5 Å². The van der Waals surface area contributed by atoms with Crippen LogP contribution >= 0.6 is 0 Å². The first kappa shape index (κ1) is 14.1. The van der Waals surface area contributed by atoms with Gasteiger partial charge in [-0.2, -0.15) is 15.0 Å². The summed E-state index contributed by atoms with van der Waals surface area (Å²) in [5.74, 6) is 0.576. The number of fused-ring (bicyclic) bond motifs is 1. The van der Waals surface area contributed by atoms with Gasteiger partial charge in [-0.25, -0.2) is 15.0 Å². The number of aromatic nitrogens is 7. The minimum Gasteiger partial charge on any atom is -0.425 e. The molecular formula is C15H14N8O. The molecule has 0 saturated carbocycles. The molecule has 4 rings (SSSR count). The number of nitrogens with zero attached hydrogens (tertiary/aromatic N) is 7. The van der Waals surface area contributed by atoms with Gasteiger partial charge in [-0.05, 0) is 31.2 Å². The SMILES string of the molecule is CCn1ncc(-c2ccc3nc(-c4cccnc4N)n(O)c3n2)n1. The third kappa shape index (κ3) is 2.14.